The van der Waals surface area contributed by atoms with Crippen LogP contribution < -0.4 is 4.74 Å². The molecule has 2 nitrogen and oxygen atoms in total. The SMILES string of the molecule is Fc1cnc(OCc2ccccc2F)c(CCl)c1. The maximum absolute atomic E-state index is 13.4. The van der Waals surface area contributed by atoms with Gasteiger partial charge in [0.25, 0.3) is 0 Å². The van der Waals surface area contributed by atoms with Gasteiger partial charge in [0.1, 0.15) is 18.2 Å². The van der Waals surface area contributed by atoms with Crippen LogP contribution in [-0.4, -0.2) is 4.98 Å². The summed E-state index contributed by atoms with van der Waals surface area (Å²) in [5, 5.41) is 0. The normalized spacial score (nSPS) is 10.4. The number of pyridine rings is 1. The van der Waals surface area contributed by atoms with E-state index in [1.54, 1.807) is 18.2 Å². The highest BCUT2D eigenvalue weighted by Gasteiger charge is 2.08. The zero-order chi connectivity index (χ0) is 13.0. The fourth-order valence-electron chi connectivity index (χ4n) is 1.46. The minimum Gasteiger partial charge on any atom is -0.472 e. The van der Waals surface area contributed by atoms with E-state index < -0.39 is 5.82 Å². The number of alkyl halides is 1. The number of benzene rings is 1. The molecule has 5 heteroatoms. The highest BCUT2D eigenvalue weighted by atomic mass is 35.5. The summed E-state index contributed by atoms with van der Waals surface area (Å²) in [5.74, 6) is -0.539. The second kappa shape index (κ2) is 5.78. The summed E-state index contributed by atoms with van der Waals surface area (Å²) in [7, 11) is 0. The van der Waals surface area contributed by atoms with Gasteiger partial charge in [0.15, 0.2) is 0 Å². The lowest BCUT2D eigenvalue weighted by atomic mass is 10.2. The van der Waals surface area contributed by atoms with Gasteiger partial charge in [0.2, 0.25) is 5.88 Å². The van der Waals surface area contributed by atoms with Crippen LogP contribution in [-0.2, 0) is 12.5 Å². The fraction of sp³-hybridized carbons (Fsp3) is 0.154. The molecule has 2 aromatic rings. The van der Waals surface area contributed by atoms with E-state index in [9.17, 15) is 8.78 Å². The molecule has 1 aromatic heterocycles. The first-order valence-corrected chi connectivity index (χ1v) is 5.80. The van der Waals surface area contributed by atoms with E-state index in [0.717, 1.165) is 6.20 Å². The van der Waals surface area contributed by atoms with Crippen LogP contribution in [0.3, 0.4) is 0 Å². The van der Waals surface area contributed by atoms with Crippen molar-refractivity contribution in [2.45, 2.75) is 12.5 Å². The molecule has 0 unspecified atom stereocenters. The van der Waals surface area contributed by atoms with E-state index in [1.165, 1.54) is 12.1 Å². The molecule has 0 saturated heterocycles. The van der Waals surface area contributed by atoms with E-state index in [-0.39, 0.29) is 24.2 Å². The molecule has 0 aliphatic rings. The Morgan fingerprint density at radius 2 is 1.94 bits per heavy atom. The number of aromatic nitrogens is 1. The summed E-state index contributed by atoms with van der Waals surface area (Å²) in [6, 6.07) is 7.51. The standard InChI is InChI=1S/C13H10ClF2NO/c14-6-10-5-11(15)7-17-13(10)18-8-9-3-1-2-4-12(9)16/h1-5,7H,6,8H2. The van der Waals surface area contributed by atoms with Crippen LogP contribution in [0.4, 0.5) is 8.78 Å². The summed E-state index contributed by atoms with van der Waals surface area (Å²) >= 11 is 5.66. The highest BCUT2D eigenvalue weighted by molar-refractivity contribution is 6.17. The molecular weight excluding hydrogens is 260 g/mol. The van der Waals surface area contributed by atoms with Gasteiger partial charge in [0.05, 0.1) is 12.1 Å². The minimum absolute atomic E-state index is 0.0230. The molecule has 0 fully saturated rings. The number of halogens is 3. The van der Waals surface area contributed by atoms with Gasteiger partial charge in [-0.2, -0.15) is 0 Å². The van der Waals surface area contributed by atoms with Crippen molar-refractivity contribution in [1.82, 2.24) is 4.98 Å². The summed E-state index contributed by atoms with van der Waals surface area (Å²) in [5.41, 5.74) is 0.845. The molecule has 0 aliphatic heterocycles. The van der Waals surface area contributed by atoms with Gasteiger partial charge in [-0.1, -0.05) is 18.2 Å². The molecule has 0 spiro atoms. The molecular formula is C13H10ClF2NO. The first-order valence-electron chi connectivity index (χ1n) is 5.27. The van der Waals surface area contributed by atoms with Crippen LogP contribution in [0, 0.1) is 11.6 Å². The number of hydrogen-bond acceptors (Lipinski definition) is 2. The maximum Gasteiger partial charge on any atom is 0.218 e. The third-order valence-electron chi connectivity index (χ3n) is 2.36. The first-order chi connectivity index (χ1) is 8.70. The predicted molar refractivity (Wildman–Crippen MR) is 64.5 cm³/mol. The van der Waals surface area contributed by atoms with Gasteiger partial charge in [-0.05, 0) is 12.1 Å². The average molecular weight is 270 g/mol. The molecule has 1 heterocycles. The topological polar surface area (TPSA) is 22.1 Å². The van der Waals surface area contributed by atoms with Gasteiger partial charge in [-0.3, -0.25) is 0 Å². The average Bonchev–Trinajstić information content (AvgIpc) is 2.39. The number of nitrogens with zero attached hydrogens (tertiary/aromatic N) is 1. The lowest BCUT2D eigenvalue weighted by Crippen LogP contribution is -2.02. The second-order valence-electron chi connectivity index (χ2n) is 3.63. The van der Waals surface area contributed by atoms with Crippen molar-refractivity contribution >= 4 is 11.6 Å². The maximum atomic E-state index is 13.4. The summed E-state index contributed by atoms with van der Waals surface area (Å²) < 4.78 is 31.6. The van der Waals surface area contributed by atoms with Crippen LogP contribution in [0.2, 0.25) is 0 Å². The smallest absolute Gasteiger partial charge is 0.218 e. The van der Waals surface area contributed by atoms with E-state index in [1.807, 2.05) is 0 Å². The van der Waals surface area contributed by atoms with Crippen LogP contribution in [0.15, 0.2) is 36.5 Å². The quantitative estimate of drug-likeness (QED) is 0.790. The predicted octanol–water partition coefficient (Wildman–Crippen LogP) is 3.68. The monoisotopic (exact) mass is 269 g/mol. The third kappa shape index (κ3) is 2.96. The zero-order valence-electron chi connectivity index (χ0n) is 9.37. The van der Waals surface area contributed by atoms with Crippen LogP contribution in [0.25, 0.3) is 0 Å². The molecule has 18 heavy (non-hydrogen) atoms. The van der Waals surface area contributed by atoms with Gasteiger partial charge in [0, 0.05) is 11.1 Å². The lowest BCUT2D eigenvalue weighted by Gasteiger charge is -2.09. The fourth-order valence-corrected chi connectivity index (χ4v) is 1.65. The molecule has 0 atom stereocenters. The Kier molecular flexibility index (Phi) is 4.10. The van der Waals surface area contributed by atoms with Crippen molar-refractivity contribution in [3.8, 4) is 5.88 Å². The summed E-state index contributed by atoms with van der Waals surface area (Å²) in [4.78, 5) is 3.79. The van der Waals surface area contributed by atoms with Crippen LogP contribution >= 0.6 is 11.6 Å². The Hall–Kier alpha value is -1.68. The lowest BCUT2D eigenvalue weighted by molar-refractivity contribution is 0.284. The van der Waals surface area contributed by atoms with Crippen molar-refractivity contribution in [2.75, 3.05) is 0 Å². The molecule has 94 valence electrons. The molecule has 1 aromatic carbocycles. The van der Waals surface area contributed by atoms with Gasteiger partial charge >= 0.3 is 0 Å². The summed E-state index contributed by atoms with van der Waals surface area (Å²) in [6.45, 7) is 0.0230. The summed E-state index contributed by atoms with van der Waals surface area (Å²) in [6.07, 6.45) is 1.03. The van der Waals surface area contributed by atoms with Gasteiger partial charge in [-0.15, -0.1) is 11.6 Å². The van der Waals surface area contributed by atoms with E-state index in [4.69, 9.17) is 16.3 Å². The number of rotatable bonds is 4. The van der Waals surface area contributed by atoms with Crippen molar-refractivity contribution in [3.05, 3.63) is 59.3 Å². The highest BCUT2D eigenvalue weighted by Crippen LogP contribution is 2.20. The minimum atomic E-state index is -0.483. The van der Waals surface area contributed by atoms with Crippen molar-refractivity contribution in [3.63, 3.8) is 0 Å². The molecule has 0 N–H and O–H groups in total. The largest absolute Gasteiger partial charge is 0.472 e. The Balaban J connectivity index is 2.13. The Morgan fingerprint density at radius 1 is 1.17 bits per heavy atom. The van der Waals surface area contributed by atoms with Gasteiger partial charge < -0.3 is 4.74 Å². The Bertz CT molecular complexity index is 548. The second-order valence-corrected chi connectivity index (χ2v) is 3.90. The molecule has 0 aliphatic carbocycles. The van der Waals surface area contributed by atoms with E-state index in [0.29, 0.717) is 11.1 Å². The Morgan fingerprint density at radius 3 is 2.67 bits per heavy atom. The molecule has 0 amide bonds. The van der Waals surface area contributed by atoms with E-state index in [2.05, 4.69) is 4.98 Å². The number of hydrogen-bond donors (Lipinski definition) is 0. The zero-order valence-corrected chi connectivity index (χ0v) is 10.1. The molecule has 0 saturated carbocycles. The molecule has 0 radical (unpaired) electrons. The van der Waals surface area contributed by atoms with Crippen molar-refractivity contribution in [2.24, 2.45) is 0 Å². The van der Waals surface area contributed by atoms with Crippen LogP contribution in [0.1, 0.15) is 11.1 Å². The molecule has 2 rings (SSSR count). The van der Waals surface area contributed by atoms with Crippen molar-refractivity contribution in [1.29, 1.82) is 0 Å². The third-order valence-corrected chi connectivity index (χ3v) is 2.65. The number of ether oxygens (including phenoxy) is 1. The van der Waals surface area contributed by atoms with E-state index >= 15 is 0 Å². The van der Waals surface area contributed by atoms with Crippen molar-refractivity contribution < 1.29 is 13.5 Å². The molecule has 0 bridgehead atoms. The first kappa shape index (κ1) is 12.8. The van der Waals surface area contributed by atoms with Gasteiger partial charge in [-0.25, -0.2) is 13.8 Å². The Labute approximate surface area is 108 Å². The van der Waals surface area contributed by atoms with Crippen LogP contribution in [0.5, 0.6) is 5.88 Å².